The molecule has 2 rings (SSSR count). The molecule has 0 aliphatic carbocycles. The van der Waals surface area contributed by atoms with Gasteiger partial charge in [-0.25, -0.2) is 9.78 Å². The number of benzene rings is 1. The summed E-state index contributed by atoms with van der Waals surface area (Å²) < 4.78 is 5.63. The van der Waals surface area contributed by atoms with E-state index in [0.717, 1.165) is 15.4 Å². The Morgan fingerprint density at radius 3 is 2.84 bits per heavy atom. The molecule has 0 amide bonds. The van der Waals surface area contributed by atoms with Gasteiger partial charge in [-0.1, -0.05) is 15.9 Å². The van der Waals surface area contributed by atoms with Crippen molar-refractivity contribution in [1.82, 2.24) is 4.98 Å². The second-order valence-electron chi connectivity index (χ2n) is 4.37. The van der Waals surface area contributed by atoms with Gasteiger partial charge in [-0.15, -0.1) is 0 Å². The number of ether oxygens (including phenoxy) is 1. The minimum Gasteiger partial charge on any atom is -0.464 e. The highest BCUT2D eigenvalue weighted by Crippen LogP contribution is 2.24. The van der Waals surface area contributed by atoms with Gasteiger partial charge in [0.2, 0.25) is 0 Å². The van der Waals surface area contributed by atoms with E-state index in [1.807, 2.05) is 18.2 Å². The summed E-state index contributed by atoms with van der Waals surface area (Å²) in [4.78, 5) is 15.9. The minimum absolute atomic E-state index is 0.257. The lowest BCUT2D eigenvalue weighted by atomic mass is 10.0. The summed E-state index contributed by atoms with van der Waals surface area (Å²) >= 11 is 3.41. The van der Waals surface area contributed by atoms with Gasteiger partial charge in [0, 0.05) is 9.86 Å². The molecule has 1 unspecified atom stereocenters. The number of rotatable bonds is 3. The molecule has 0 aliphatic rings. The largest absolute Gasteiger partial charge is 0.464 e. The van der Waals surface area contributed by atoms with E-state index in [0.29, 0.717) is 11.9 Å². The monoisotopic (exact) mass is 323 g/mol. The summed E-state index contributed by atoms with van der Waals surface area (Å²) in [5.74, 6) is -0.475. The number of halogens is 1. The van der Waals surface area contributed by atoms with E-state index in [9.17, 15) is 9.90 Å². The first-order valence-corrected chi connectivity index (χ1v) is 6.66. The van der Waals surface area contributed by atoms with E-state index < -0.39 is 12.1 Å². The molecule has 1 heterocycles. The number of hydrogen-bond donors (Lipinski definition) is 1. The molecular formula is C14H14BrNO3. The molecule has 0 bridgehead atoms. The highest BCUT2D eigenvalue weighted by molar-refractivity contribution is 9.10. The van der Waals surface area contributed by atoms with Gasteiger partial charge in [0.05, 0.1) is 18.7 Å². The lowest BCUT2D eigenvalue weighted by Gasteiger charge is -2.10. The topological polar surface area (TPSA) is 59.4 Å². The molecule has 19 heavy (non-hydrogen) atoms. The van der Waals surface area contributed by atoms with Crippen molar-refractivity contribution in [2.75, 3.05) is 7.11 Å². The van der Waals surface area contributed by atoms with E-state index in [-0.39, 0.29) is 5.69 Å². The van der Waals surface area contributed by atoms with Crippen molar-refractivity contribution in [3.63, 3.8) is 0 Å². The van der Waals surface area contributed by atoms with Crippen molar-refractivity contribution in [3.05, 3.63) is 40.0 Å². The number of carbonyl (C=O) groups is 1. The molecule has 0 aliphatic heterocycles. The molecule has 0 saturated carbocycles. The molecule has 5 heteroatoms. The average Bonchev–Trinajstić information content (AvgIpc) is 2.37. The summed E-state index contributed by atoms with van der Waals surface area (Å²) in [5, 5.41) is 10.5. The first-order chi connectivity index (χ1) is 9.01. The summed E-state index contributed by atoms with van der Waals surface area (Å²) in [5.41, 5.74) is 1.84. The van der Waals surface area contributed by atoms with Crippen LogP contribution in [0.4, 0.5) is 0 Å². The van der Waals surface area contributed by atoms with Gasteiger partial charge >= 0.3 is 5.97 Å². The van der Waals surface area contributed by atoms with E-state index in [4.69, 9.17) is 4.74 Å². The normalized spacial score (nSPS) is 12.4. The highest BCUT2D eigenvalue weighted by atomic mass is 79.9. The molecule has 1 atom stereocenters. The maximum Gasteiger partial charge on any atom is 0.356 e. The van der Waals surface area contributed by atoms with Crippen LogP contribution in [0, 0.1) is 0 Å². The van der Waals surface area contributed by atoms with Crippen LogP contribution >= 0.6 is 15.9 Å². The van der Waals surface area contributed by atoms with E-state index in [2.05, 4.69) is 20.9 Å². The second kappa shape index (κ2) is 5.67. The molecule has 100 valence electrons. The Labute approximate surface area is 119 Å². The van der Waals surface area contributed by atoms with Crippen molar-refractivity contribution in [3.8, 4) is 0 Å². The third-order valence-electron chi connectivity index (χ3n) is 2.77. The van der Waals surface area contributed by atoms with Crippen molar-refractivity contribution in [2.45, 2.75) is 19.4 Å². The maximum absolute atomic E-state index is 11.6. The molecule has 1 aromatic heterocycles. The van der Waals surface area contributed by atoms with Crippen molar-refractivity contribution in [2.24, 2.45) is 0 Å². The van der Waals surface area contributed by atoms with Crippen LogP contribution in [-0.2, 0) is 11.2 Å². The zero-order valence-electron chi connectivity index (χ0n) is 10.7. The Balaban J connectivity index is 2.65. The van der Waals surface area contributed by atoms with E-state index in [1.165, 1.54) is 7.11 Å². The zero-order valence-corrected chi connectivity index (χ0v) is 12.3. The van der Waals surface area contributed by atoms with Crippen molar-refractivity contribution >= 4 is 32.8 Å². The fraction of sp³-hybridized carbons (Fsp3) is 0.286. The SMILES string of the molecule is COC(=O)c1cc(CC(C)O)c2cc(Br)ccc2n1. The number of methoxy groups -OCH3 is 1. The van der Waals surface area contributed by atoms with Gasteiger partial charge in [-0.3, -0.25) is 0 Å². The van der Waals surface area contributed by atoms with Crippen LogP contribution < -0.4 is 0 Å². The Bertz CT molecular complexity index is 625. The van der Waals surface area contributed by atoms with Gasteiger partial charge in [0.25, 0.3) is 0 Å². The fourth-order valence-corrected chi connectivity index (χ4v) is 2.33. The number of aliphatic hydroxyl groups excluding tert-OH is 1. The van der Waals surface area contributed by atoms with Crippen molar-refractivity contribution in [1.29, 1.82) is 0 Å². The third-order valence-corrected chi connectivity index (χ3v) is 3.26. The van der Waals surface area contributed by atoms with Gasteiger partial charge in [0.1, 0.15) is 5.69 Å². The first kappa shape index (κ1) is 14.0. The van der Waals surface area contributed by atoms with Crippen LogP contribution in [0.3, 0.4) is 0 Å². The molecule has 0 radical (unpaired) electrons. The van der Waals surface area contributed by atoms with Crippen LogP contribution in [0.5, 0.6) is 0 Å². The second-order valence-corrected chi connectivity index (χ2v) is 5.29. The predicted octanol–water partition coefficient (Wildman–Crippen LogP) is 2.71. The molecule has 4 nitrogen and oxygen atoms in total. The Hall–Kier alpha value is -1.46. The highest BCUT2D eigenvalue weighted by Gasteiger charge is 2.13. The Kier molecular flexibility index (Phi) is 4.17. The number of carbonyl (C=O) groups excluding carboxylic acids is 1. The van der Waals surface area contributed by atoms with Crippen molar-refractivity contribution < 1.29 is 14.6 Å². The Morgan fingerprint density at radius 2 is 2.21 bits per heavy atom. The van der Waals surface area contributed by atoms with Crippen LogP contribution in [-0.4, -0.2) is 29.3 Å². The molecule has 1 N–H and O–H groups in total. The van der Waals surface area contributed by atoms with Gasteiger partial charge in [-0.2, -0.15) is 0 Å². The summed E-state index contributed by atoms with van der Waals surface area (Å²) in [6, 6.07) is 7.30. The summed E-state index contributed by atoms with van der Waals surface area (Å²) in [7, 11) is 1.32. The molecule has 0 saturated heterocycles. The number of esters is 1. The number of aliphatic hydroxyl groups is 1. The Morgan fingerprint density at radius 1 is 1.47 bits per heavy atom. The summed E-state index contributed by atoms with van der Waals surface area (Å²) in [6.45, 7) is 1.71. The fourth-order valence-electron chi connectivity index (χ4n) is 1.96. The minimum atomic E-state index is -0.491. The lowest BCUT2D eigenvalue weighted by molar-refractivity contribution is 0.0594. The first-order valence-electron chi connectivity index (χ1n) is 5.87. The smallest absolute Gasteiger partial charge is 0.356 e. The molecule has 0 fully saturated rings. The number of hydrogen-bond acceptors (Lipinski definition) is 4. The van der Waals surface area contributed by atoms with E-state index in [1.54, 1.807) is 13.0 Å². The average molecular weight is 324 g/mol. The van der Waals surface area contributed by atoms with Crippen LogP contribution in [0.15, 0.2) is 28.7 Å². The molecule has 1 aromatic carbocycles. The van der Waals surface area contributed by atoms with E-state index >= 15 is 0 Å². The summed E-state index contributed by atoms with van der Waals surface area (Å²) in [6.07, 6.45) is -0.0329. The predicted molar refractivity (Wildman–Crippen MR) is 76.2 cm³/mol. The quantitative estimate of drug-likeness (QED) is 0.882. The van der Waals surface area contributed by atoms with Gasteiger partial charge in [0.15, 0.2) is 0 Å². The van der Waals surface area contributed by atoms with Gasteiger partial charge in [-0.05, 0) is 43.2 Å². The lowest BCUT2D eigenvalue weighted by Crippen LogP contribution is -2.09. The number of pyridine rings is 1. The maximum atomic E-state index is 11.6. The van der Waals surface area contributed by atoms with Crippen LogP contribution in [0.1, 0.15) is 23.0 Å². The number of fused-ring (bicyclic) bond motifs is 1. The number of aromatic nitrogens is 1. The van der Waals surface area contributed by atoms with Gasteiger partial charge < -0.3 is 9.84 Å². The molecule has 2 aromatic rings. The number of nitrogens with zero attached hydrogens (tertiary/aromatic N) is 1. The molecule has 0 spiro atoms. The molecular weight excluding hydrogens is 310 g/mol. The standard InChI is InChI=1S/C14H14BrNO3/c1-8(17)5-9-6-13(14(18)19-2)16-12-4-3-10(15)7-11(9)12/h3-4,6-8,17H,5H2,1-2H3. The third kappa shape index (κ3) is 3.11. The van der Waals surface area contributed by atoms with Crippen LogP contribution in [0.2, 0.25) is 0 Å². The zero-order chi connectivity index (χ0) is 14.0. The van der Waals surface area contributed by atoms with Crippen LogP contribution in [0.25, 0.3) is 10.9 Å².